The zero-order chi connectivity index (χ0) is 15.9. The summed E-state index contributed by atoms with van der Waals surface area (Å²) in [5, 5.41) is 4.18. The molecule has 0 spiro atoms. The van der Waals surface area contributed by atoms with Gasteiger partial charge in [-0.1, -0.05) is 18.6 Å². The van der Waals surface area contributed by atoms with Crippen molar-refractivity contribution in [3.8, 4) is 0 Å². The number of aromatic nitrogens is 1. The number of likely N-dealkylation sites (tertiary alicyclic amines) is 1. The molecule has 1 aromatic heterocycles. The van der Waals surface area contributed by atoms with Crippen molar-refractivity contribution in [2.75, 3.05) is 26.2 Å². The van der Waals surface area contributed by atoms with Crippen LogP contribution in [0.5, 0.6) is 0 Å². The Kier molecular flexibility index (Phi) is 6.00. The van der Waals surface area contributed by atoms with E-state index in [0.29, 0.717) is 6.42 Å². The fraction of sp³-hybridized carbons (Fsp3) is 0.556. The fourth-order valence-electron chi connectivity index (χ4n) is 3.05. The number of rotatable bonds is 7. The molecule has 1 fully saturated rings. The summed E-state index contributed by atoms with van der Waals surface area (Å²) in [6.45, 7) is 4.14. The molecule has 2 heterocycles. The maximum absolute atomic E-state index is 11.9. The van der Waals surface area contributed by atoms with Gasteiger partial charge in [-0.3, -0.25) is 4.79 Å². The molecular weight excluding hydrogens is 306 g/mol. The van der Waals surface area contributed by atoms with Gasteiger partial charge in [0, 0.05) is 19.5 Å². The van der Waals surface area contributed by atoms with Gasteiger partial charge in [-0.15, -0.1) is 11.3 Å². The van der Waals surface area contributed by atoms with Crippen LogP contribution in [-0.4, -0.2) is 42.0 Å². The first-order valence-corrected chi connectivity index (χ1v) is 9.46. The molecule has 0 saturated carbocycles. The molecule has 1 saturated heterocycles. The van der Waals surface area contributed by atoms with Crippen molar-refractivity contribution in [1.29, 1.82) is 0 Å². The van der Waals surface area contributed by atoms with E-state index in [1.807, 2.05) is 18.2 Å². The lowest BCUT2D eigenvalue weighted by Gasteiger charge is -2.26. The first-order chi connectivity index (χ1) is 11.3. The molecule has 0 aliphatic carbocycles. The molecule has 1 aromatic carbocycles. The number of amides is 1. The number of fused-ring (bicyclic) bond motifs is 1. The summed E-state index contributed by atoms with van der Waals surface area (Å²) in [4.78, 5) is 19.0. The Labute approximate surface area is 141 Å². The van der Waals surface area contributed by atoms with Crippen molar-refractivity contribution in [2.45, 2.75) is 38.5 Å². The SMILES string of the molecule is O=C(CCCc1nc2ccccc2s1)NCCN1CCCCC1. The summed E-state index contributed by atoms with van der Waals surface area (Å²) in [7, 11) is 0. The van der Waals surface area contributed by atoms with Crippen LogP contribution < -0.4 is 5.32 Å². The van der Waals surface area contributed by atoms with Crippen LogP contribution in [0.2, 0.25) is 0 Å². The molecule has 0 radical (unpaired) electrons. The first-order valence-electron chi connectivity index (χ1n) is 8.65. The number of nitrogens with one attached hydrogen (secondary N) is 1. The van der Waals surface area contributed by atoms with Crippen LogP contribution >= 0.6 is 11.3 Å². The van der Waals surface area contributed by atoms with Gasteiger partial charge in [0.15, 0.2) is 0 Å². The smallest absolute Gasteiger partial charge is 0.220 e. The van der Waals surface area contributed by atoms with Crippen LogP contribution in [-0.2, 0) is 11.2 Å². The Morgan fingerprint density at radius 3 is 2.87 bits per heavy atom. The molecule has 1 aliphatic heterocycles. The number of para-hydroxylation sites is 1. The van der Waals surface area contributed by atoms with E-state index in [1.54, 1.807) is 11.3 Å². The number of hydrogen-bond acceptors (Lipinski definition) is 4. The van der Waals surface area contributed by atoms with Gasteiger partial charge < -0.3 is 10.2 Å². The number of benzene rings is 1. The van der Waals surface area contributed by atoms with Gasteiger partial charge in [-0.25, -0.2) is 4.98 Å². The Balaban J connectivity index is 1.32. The van der Waals surface area contributed by atoms with E-state index >= 15 is 0 Å². The first kappa shape index (κ1) is 16.4. The van der Waals surface area contributed by atoms with Crippen LogP contribution in [0.3, 0.4) is 0 Å². The average Bonchev–Trinajstić information content (AvgIpc) is 2.98. The van der Waals surface area contributed by atoms with Crippen LogP contribution in [0, 0.1) is 0 Å². The molecule has 0 bridgehead atoms. The largest absolute Gasteiger partial charge is 0.355 e. The van der Waals surface area contributed by atoms with E-state index < -0.39 is 0 Å². The van der Waals surface area contributed by atoms with Crippen molar-refractivity contribution in [3.05, 3.63) is 29.3 Å². The van der Waals surface area contributed by atoms with Gasteiger partial charge in [-0.05, 0) is 50.9 Å². The fourth-order valence-corrected chi connectivity index (χ4v) is 4.06. The second-order valence-electron chi connectivity index (χ2n) is 6.18. The van der Waals surface area contributed by atoms with Gasteiger partial charge in [0.1, 0.15) is 0 Å². The number of thiazole rings is 1. The maximum Gasteiger partial charge on any atom is 0.220 e. The third-order valence-corrected chi connectivity index (χ3v) is 5.43. The third kappa shape index (κ3) is 5.01. The second kappa shape index (κ2) is 8.41. The van der Waals surface area contributed by atoms with Crippen LogP contribution in [0.25, 0.3) is 10.2 Å². The summed E-state index contributed by atoms with van der Waals surface area (Å²) in [6, 6.07) is 8.20. The summed E-state index contributed by atoms with van der Waals surface area (Å²) in [5.41, 5.74) is 1.07. The number of carbonyl (C=O) groups is 1. The number of carbonyl (C=O) groups excluding carboxylic acids is 1. The van der Waals surface area contributed by atoms with Gasteiger partial charge >= 0.3 is 0 Å². The van der Waals surface area contributed by atoms with Crippen molar-refractivity contribution in [2.24, 2.45) is 0 Å². The number of hydrogen-bond donors (Lipinski definition) is 1. The summed E-state index contributed by atoms with van der Waals surface area (Å²) in [6.07, 6.45) is 6.31. The van der Waals surface area contributed by atoms with E-state index in [2.05, 4.69) is 21.3 Å². The quantitative estimate of drug-likeness (QED) is 0.847. The topological polar surface area (TPSA) is 45.2 Å². The minimum Gasteiger partial charge on any atom is -0.355 e. The highest BCUT2D eigenvalue weighted by atomic mass is 32.1. The molecule has 124 valence electrons. The second-order valence-corrected chi connectivity index (χ2v) is 7.30. The minimum absolute atomic E-state index is 0.170. The van der Waals surface area contributed by atoms with Crippen LogP contribution in [0.1, 0.15) is 37.1 Å². The highest BCUT2D eigenvalue weighted by Gasteiger charge is 2.10. The molecule has 1 aliphatic rings. The molecule has 0 atom stereocenters. The predicted molar refractivity (Wildman–Crippen MR) is 95.9 cm³/mol. The predicted octanol–water partition coefficient (Wildman–Crippen LogP) is 3.22. The molecule has 3 rings (SSSR count). The molecule has 23 heavy (non-hydrogen) atoms. The number of aryl methyl sites for hydroxylation is 1. The van der Waals surface area contributed by atoms with E-state index in [1.165, 1.54) is 37.1 Å². The minimum atomic E-state index is 0.170. The van der Waals surface area contributed by atoms with E-state index in [4.69, 9.17) is 0 Å². The van der Waals surface area contributed by atoms with Crippen LogP contribution in [0.15, 0.2) is 24.3 Å². The molecular formula is C18H25N3OS. The summed E-state index contributed by atoms with van der Waals surface area (Å²) >= 11 is 1.74. The monoisotopic (exact) mass is 331 g/mol. The van der Waals surface area contributed by atoms with Crippen molar-refractivity contribution in [3.63, 3.8) is 0 Å². The Morgan fingerprint density at radius 2 is 2.04 bits per heavy atom. The zero-order valence-corrected chi connectivity index (χ0v) is 14.4. The zero-order valence-electron chi connectivity index (χ0n) is 13.6. The lowest BCUT2D eigenvalue weighted by Crippen LogP contribution is -2.37. The highest BCUT2D eigenvalue weighted by molar-refractivity contribution is 7.18. The standard InChI is InChI=1S/C18H25N3OS/c22-17(19-11-14-21-12-4-1-5-13-21)9-6-10-18-20-15-7-2-3-8-16(15)23-18/h2-3,7-8H,1,4-6,9-14H2,(H,19,22). The molecule has 2 aromatic rings. The molecule has 4 nitrogen and oxygen atoms in total. The Bertz CT molecular complexity index is 601. The van der Waals surface area contributed by atoms with Gasteiger partial charge in [0.2, 0.25) is 5.91 Å². The van der Waals surface area contributed by atoms with E-state index in [-0.39, 0.29) is 5.91 Å². The van der Waals surface area contributed by atoms with Crippen molar-refractivity contribution < 1.29 is 4.79 Å². The molecule has 5 heteroatoms. The molecule has 1 amide bonds. The lowest BCUT2D eigenvalue weighted by molar-refractivity contribution is -0.121. The van der Waals surface area contributed by atoms with Crippen molar-refractivity contribution >= 4 is 27.5 Å². The van der Waals surface area contributed by atoms with Crippen molar-refractivity contribution in [1.82, 2.24) is 15.2 Å². The van der Waals surface area contributed by atoms with Crippen LogP contribution in [0.4, 0.5) is 0 Å². The third-order valence-electron chi connectivity index (χ3n) is 4.33. The summed E-state index contributed by atoms with van der Waals surface area (Å²) in [5.74, 6) is 0.170. The van der Waals surface area contributed by atoms with Gasteiger partial charge in [0.25, 0.3) is 0 Å². The highest BCUT2D eigenvalue weighted by Crippen LogP contribution is 2.22. The molecule has 0 unspecified atom stereocenters. The Hall–Kier alpha value is -1.46. The Morgan fingerprint density at radius 1 is 1.22 bits per heavy atom. The maximum atomic E-state index is 11.9. The van der Waals surface area contributed by atoms with Gasteiger partial charge in [-0.2, -0.15) is 0 Å². The normalized spacial score (nSPS) is 15.8. The van der Waals surface area contributed by atoms with E-state index in [9.17, 15) is 4.79 Å². The van der Waals surface area contributed by atoms with E-state index in [0.717, 1.165) is 36.5 Å². The molecule has 1 N–H and O–H groups in total. The number of piperidine rings is 1. The summed E-state index contributed by atoms with van der Waals surface area (Å²) < 4.78 is 1.23. The lowest BCUT2D eigenvalue weighted by atomic mass is 10.1. The average molecular weight is 331 g/mol. The van der Waals surface area contributed by atoms with Gasteiger partial charge in [0.05, 0.1) is 15.2 Å². The number of nitrogens with zero attached hydrogens (tertiary/aromatic N) is 2.